The molecule has 0 saturated heterocycles. The van der Waals surface area contributed by atoms with Crippen molar-refractivity contribution in [2.75, 3.05) is 5.32 Å². The van der Waals surface area contributed by atoms with Crippen LogP contribution in [0.2, 0.25) is 0 Å². The molecule has 0 unspecified atom stereocenters. The topological polar surface area (TPSA) is 91.4 Å². The fraction of sp³-hybridized carbons (Fsp3) is 0.120. The largest absolute Gasteiger partial charge is 0.338 e. The van der Waals surface area contributed by atoms with Crippen LogP contribution in [0, 0.1) is 11.7 Å². The molecule has 3 aromatic carbocycles. The van der Waals surface area contributed by atoms with E-state index in [0.717, 1.165) is 39.5 Å². The van der Waals surface area contributed by atoms with Crippen molar-refractivity contribution in [3.8, 4) is 22.8 Å². The van der Waals surface area contributed by atoms with Crippen molar-refractivity contribution in [1.82, 2.24) is 24.7 Å². The Hall–Kier alpha value is -4.04. The van der Waals surface area contributed by atoms with Gasteiger partial charge in [0.25, 0.3) is 0 Å². The summed E-state index contributed by atoms with van der Waals surface area (Å²) in [7, 11) is 0. The molecule has 2 heterocycles. The molecule has 5 rings (SSSR count). The molecule has 0 atom stereocenters. The summed E-state index contributed by atoms with van der Waals surface area (Å²) in [6, 6.07) is 23.6. The molecule has 0 aliphatic rings. The number of aromatic nitrogens is 5. The second kappa shape index (κ2) is 8.84. The smallest absolute Gasteiger partial charge is 0.226 e. The van der Waals surface area contributed by atoms with Crippen molar-refractivity contribution in [3.05, 3.63) is 83.1 Å². The fourth-order valence-corrected chi connectivity index (χ4v) is 3.91. The molecule has 5 aromatic rings. The number of rotatable bonds is 6. The van der Waals surface area contributed by atoms with Crippen molar-refractivity contribution in [1.29, 1.82) is 0 Å². The third-order valence-electron chi connectivity index (χ3n) is 5.46. The first-order chi connectivity index (χ1) is 16.1. The van der Waals surface area contributed by atoms with E-state index in [9.17, 15) is 4.79 Å². The summed E-state index contributed by atoms with van der Waals surface area (Å²) in [6.07, 6.45) is 0.276. The van der Waals surface area contributed by atoms with E-state index in [0.29, 0.717) is 11.3 Å². The highest BCUT2D eigenvalue weighted by Crippen LogP contribution is 2.22. The van der Waals surface area contributed by atoms with Crippen molar-refractivity contribution in [2.45, 2.75) is 19.9 Å². The lowest BCUT2D eigenvalue weighted by atomic mass is 10.1. The van der Waals surface area contributed by atoms with Crippen LogP contribution in [0.5, 0.6) is 0 Å². The summed E-state index contributed by atoms with van der Waals surface area (Å²) in [4.78, 5) is 20.5. The number of nitrogens with zero attached hydrogens (tertiary/aromatic N) is 3. The monoisotopic (exact) mass is 454 g/mol. The number of nitrogens with one attached hydrogen (secondary N) is 3. The van der Waals surface area contributed by atoms with Crippen molar-refractivity contribution >= 4 is 34.8 Å². The van der Waals surface area contributed by atoms with E-state index < -0.39 is 0 Å². The maximum absolute atomic E-state index is 12.6. The van der Waals surface area contributed by atoms with E-state index >= 15 is 0 Å². The lowest BCUT2D eigenvalue weighted by Crippen LogP contribution is -2.15. The molecule has 2 aromatic heterocycles. The Balaban J connectivity index is 1.24. The van der Waals surface area contributed by atoms with Gasteiger partial charge < -0.3 is 10.3 Å². The van der Waals surface area contributed by atoms with Gasteiger partial charge in [-0.2, -0.15) is 5.10 Å². The Morgan fingerprint density at radius 2 is 1.73 bits per heavy atom. The molecule has 3 N–H and O–H groups in total. The summed E-state index contributed by atoms with van der Waals surface area (Å²) in [5.41, 5.74) is 5.73. The summed E-state index contributed by atoms with van der Waals surface area (Å²) in [5, 5.41) is 10.1. The quantitative estimate of drug-likeness (QED) is 0.296. The summed E-state index contributed by atoms with van der Waals surface area (Å²) in [6.45, 7) is 2.47. The fourth-order valence-electron chi connectivity index (χ4n) is 3.69. The number of aromatic amines is 2. The standard InChI is InChI=1S/C25H22N6OS/c1-16-6-8-18(9-7-16)24-29-30-25(33)31(24)15-14-22(32)26-19-12-10-17(11-13-19)23-27-20-4-2-3-5-21(20)28-23/h2-13H,14-15H2,1H3,(H,26,32)(H,27,28)(H,30,33). The summed E-state index contributed by atoms with van der Waals surface area (Å²) >= 11 is 5.37. The molecule has 0 radical (unpaired) electrons. The minimum atomic E-state index is -0.0931. The normalized spacial score (nSPS) is 11.1. The SMILES string of the molecule is Cc1ccc(-c2n[nH]c(=S)n2CCC(=O)Nc2ccc(-c3nc4ccccc4[nH]3)cc2)cc1. The number of fused-ring (bicyclic) bond motifs is 1. The Morgan fingerprint density at radius 3 is 2.48 bits per heavy atom. The minimum absolute atomic E-state index is 0.0931. The summed E-state index contributed by atoms with van der Waals surface area (Å²) in [5.74, 6) is 1.43. The molecular formula is C25H22N6OS. The van der Waals surface area contributed by atoms with E-state index in [1.54, 1.807) is 0 Å². The number of carbonyl (C=O) groups excluding carboxylic acids is 1. The average Bonchev–Trinajstić information content (AvgIpc) is 3.42. The third-order valence-corrected chi connectivity index (χ3v) is 5.77. The Morgan fingerprint density at radius 1 is 1.00 bits per heavy atom. The third kappa shape index (κ3) is 4.47. The number of aryl methyl sites for hydroxylation is 1. The molecule has 0 saturated carbocycles. The lowest BCUT2D eigenvalue weighted by Gasteiger charge is -2.09. The summed E-state index contributed by atoms with van der Waals surface area (Å²) < 4.78 is 2.35. The molecule has 0 fully saturated rings. The number of carbonyl (C=O) groups is 1. The number of benzene rings is 3. The highest BCUT2D eigenvalue weighted by Gasteiger charge is 2.11. The Labute approximate surface area is 195 Å². The number of H-pyrrole nitrogens is 2. The van der Waals surface area contributed by atoms with Gasteiger partial charge in [-0.3, -0.25) is 14.5 Å². The highest BCUT2D eigenvalue weighted by atomic mass is 32.1. The molecule has 33 heavy (non-hydrogen) atoms. The van der Waals surface area contributed by atoms with Crippen LogP contribution < -0.4 is 5.32 Å². The number of amides is 1. The van der Waals surface area contributed by atoms with Crippen LogP contribution in [0.3, 0.4) is 0 Å². The molecule has 8 heteroatoms. The van der Waals surface area contributed by atoms with Gasteiger partial charge >= 0.3 is 0 Å². The zero-order valence-electron chi connectivity index (χ0n) is 18.0. The van der Waals surface area contributed by atoms with Gasteiger partial charge in [0.1, 0.15) is 5.82 Å². The zero-order chi connectivity index (χ0) is 22.8. The van der Waals surface area contributed by atoms with Gasteiger partial charge in [0.05, 0.1) is 11.0 Å². The number of anilines is 1. The average molecular weight is 455 g/mol. The Kier molecular flexibility index (Phi) is 5.58. The number of imidazole rings is 1. The van der Waals surface area contributed by atoms with E-state index in [2.05, 4.69) is 25.5 Å². The first kappa shape index (κ1) is 20.8. The van der Waals surface area contributed by atoms with E-state index in [1.807, 2.05) is 84.3 Å². The molecule has 0 bridgehead atoms. The van der Waals surface area contributed by atoms with Crippen LogP contribution in [-0.4, -0.2) is 30.6 Å². The number of para-hydroxylation sites is 2. The molecular weight excluding hydrogens is 432 g/mol. The van der Waals surface area contributed by atoms with Gasteiger partial charge in [0, 0.05) is 29.8 Å². The first-order valence-corrected chi connectivity index (χ1v) is 11.0. The van der Waals surface area contributed by atoms with Gasteiger partial charge in [0.2, 0.25) is 5.91 Å². The maximum atomic E-state index is 12.6. The molecule has 1 amide bonds. The predicted molar refractivity (Wildman–Crippen MR) is 132 cm³/mol. The van der Waals surface area contributed by atoms with Crippen LogP contribution >= 0.6 is 12.2 Å². The minimum Gasteiger partial charge on any atom is -0.338 e. The first-order valence-electron chi connectivity index (χ1n) is 10.6. The van der Waals surface area contributed by atoms with Gasteiger partial charge in [0.15, 0.2) is 10.6 Å². The van der Waals surface area contributed by atoms with E-state index in [1.165, 1.54) is 5.56 Å². The lowest BCUT2D eigenvalue weighted by molar-refractivity contribution is -0.116. The molecule has 164 valence electrons. The Bertz CT molecular complexity index is 1450. The maximum Gasteiger partial charge on any atom is 0.226 e. The van der Waals surface area contributed by atoms with E-state index in [4.69, 9.17) is 12.2 Å². The van der Waals surface area contributed by atoms with Crippen LogP contribution in [0.25, 0.3) is 33.8 Å². The van der Waals surface area contributed by atoms with Crippen LogP contribution in [0.1, 0.15) is 12.0 Å². The van der Waals surface area contributed by atoms with Gasteiger partial charge in [-0.1, -0.05) is 42.0 Å². The van der Waals surface area contributed by atoms with Crippen molar-refractivity contribution in [3.63, 3.8) is 0 Å². The second-order valence-electron chi connectivity index (χ2n) is 7.85. The molecule has 0 aliphatic carbocycles. The highest BCUT2D eigenvalue weighted by molar-refractivity contribution is 7.71. The van der Waals surface area contributed by atoms with Gasteiger partial charge in [-0.05, 0) is 55.5 Å². The van der Waals surface area contributed by atoms with E-state index in [-0.39, 0.29) is 12.3 Å². The molecule has 7 nitrogen and oxygen atoms in total. The van der Waals surface area contributed by atoms with Crippen molar-refractivity contribution in [2.24, 2.45) is 0 Å². The number of hydrogen-bond acceptors (Lipinski definition) is 4. The molecule has 0 aliphatic heterocycles. The van der Waals surface area contributed by atoms with Crippen LogP contribution in [0.4, 0.5) is 5.69 Å². The van der Waals surface area contributed by atoms with Gasteiger partial charge in [-0.25, -0.2) is 4.98 Å². The van der Waals surface area contributed by atoms with Crippen LogP contribution in [-0.2, 0) is 11.3 Å². The van der Waals surface area contributed by atoms with Crippen molar-refractivity contribution < 1.29 is 4.79 Å². The van der Waals surface area contributed by atoms with Gasteiger partial charge in [-0.15, -0.1) is 0 Å². The van der Waals surface area contributed by atoms with Crippen LogP contribution in [0.15, 0.2) is 72.8 Å². The predicted octanol–water partition coefficient (Wildman–Crippen LogP) is 5.49. The zero-order valence-corrected chi connectivity index (χ0v) is 18.8. The second-order valence-corrected chi connectivity index (χ2v) is 8.23. The molecule has 0 spiro atoms. The number of hydrogen-bond donors (Lipinski definition) is 3.